The van der Waals surface area contributed by atoms with E-state index in [2.05, 4.69) is 35.3 Å². The molecule has 1 fully saturated rings. The number of carbonyl (C=O) groups excluding carboxylic acids is 1. The van der Waals surface area contributed by atoms with E-state index in [0.29, 0.717) is 44.9 Å². The highest BCUT2D eigenvalue weighted by atomic mass is 32.2. The Hall–Kier alpha value is -2.58. The lowest BCUT2D eigenvalue weighted by molar-refractivity contribution is -0.116. The maximum atomic E-state index is 12.6. The lowest BCUT2D eigenvalue weighted by Gasteiger charge is -2.35. The number of carbonyl (C=O) groups is 1. The predicted octanol–water partition coefficient (Wildman–Crippen LogP) is 2.26. The molecule has 156 valence electrons. The Balaban J connectivity index is 1.39. The van der Waals surface area contributed by atoms with Crippen LogP contribution in [0.2, 0.25) is 0 Å². The minimum atomic E-state index is -3.32. The number of rotatable bonds is 8. The van der Waals surface area contributed by atoms with E-state index in [-0.39, 0.29) is 11.7 Å². The van der Waals surface area contributed by atoms with Crippen molar-refractivity contribution in [3.63, 3.8) is 0 Å². The Kier molecular flexibility index (Phi) is 7.11. The molecule has 0 spiro atoms. The van der Waals surface area contributed by atoms with Crippen LogP contribution in [0.25, 0.3) is 6.08 Å². The summed E-state index contributed by atoms with van der Waals surface area (Å²) in [6.45, 7) is 4.68. The summed E-state index contributed by atoms with van der Waals surface area (Å²) in [6.07, 6.45) is 4.85. The van der Waals surface area contributed by atoms with E-state index >= 15 is 0 Å². The van der Waals surface area contributed by atoms with Crippen molar-refractivity contribution in [3.05, 3.63) is 60.1 Å². The van der Waals surface area contributed by atoms with E-state index in [1.54, 1.807) is 22.5 Å². The first-order valence-corrected chi connectivity index (χ1v) is 11.3. The Bertz CT molecular complexity index is 931. The van der Waals surface area contributed by atoms with Gasteiger partial charge in [0.2, 0.25) is 15.9 Å². The number of anilines is 1. The lowest BCUT2D eigenvalue weighted by Crippen LogP contribution is -2.49. The summed E-state index contributed by atoms with van der Waals surface area (Å²) in [5.41, 5.74) is 2.32. The summed E-state index contributed by atoms with van der Waals surface area (Å²) >= 11 is 0. The Morgan fingerprint density at radius 2 is 1.97 bits per heavy atom. The van der Waals surface area contributed by atoms with Crippen LogP contribution in [0.3, 0.4) is 0 Å². The number of piperazine rings is 1. The normalized spacial score (nSPS) is 15.7. The Morgan fingerprint density at radius 1 is 1.17 bits per heavy atom. The number of benzene rings is 1. The molecule has 0 bridgehead atoms. The molecular formula is C21H27N3O4S. The molecule has 8 heteroatoms. The van der Waals surface area contributed by atoms with Crippen molar-refractivity contribution < 1.29 is 17.6 Å². The second-order valence-electron chi connectivity index (χ2n) is 7.03. The van der Waals surface area contributed by atoms with E-state index < -0.39 is 10.0 Å². The fourth-order valence-corrected chi connectivity index (χ4v) is 4.73. The Labute approximate surface area is 172 Å². The molecule has 7 nitrogen and oxygen atoms in total. The van der Waals surface area contributed by atoms with Crippen molar-refractivity contribution in [2.45, 2.75) is 13.3 Å². The average Bonchev–Trinajstić information content (AvgIpc) is 3.23. The van der Waals surface area contributed by atoms with Gasteiger partial charge in [0.25, 0.3) is 0 Å². The number of hydrogen-bond acceptors (Lipinski definition) is 5. The molecule has 0 saturated carbocycles. The van der Waals surface area contributed by atoms with Gasteiger partial charge in [0, 0.05) is 44.5 Å². The zero-order valence-corrected chi connectivity index (χ0v) is 17.4. The molecule has 1 amide bonds. The van der Waals surface area contributed by atoms with Crippen LogP contribution >= 0.6 is 0 Å². The number of nitrogens with one attached hydrogen (secondary N) is 1. The van der Waals surface area contributed by atoms with Crippen LogP contribution in [-0.2, 0) is 14.8 Å². The van der Waals surface area contributed by atoms with Crippen molar-refractivity contribution in [1.82, 2.24) is 9.62 Å². The van der Waals surface area contributed by atoms with Gasteiger partial charge in [-0.15, -0.1) is 0 Å². The highest BCUT2D eigenvalue weighted by molar-refractivity contribution is 7.89. The topological polar surface area (TPSA) is 82.9 Å². The third kappa shape index (κ3) is 6.20. The molecule has 1 saturated heterocycles. The van der Waals surface area contributed by atoms with Crippen molar-refractivity contribution in [2.75, 3.05) is 43.4 Å². The highest BCUT2D eigenvalue weighted by Crippen LogP contribution is 2.19. The number of nitrogens with zero attached hydrogens (tertiary/aromatic N) is 2. The minimum Gasteiger partial charge on any atom is -0.465 e. The fraction of sp³-hybridized carbons (Fsp3) is 0.381. The van der Waals surface area contributed by atoms with E-state index in [1.807, 2.05) is 6.07 Å². The van der Waals surface area contributed by atoms with Crippen LogP contribution in [0, 0.1) is 6.92 Å². The van der Waals surface area contributed by atoms with E-state index in [1.165, 1.54) is 17.9 Å². The zero-order valence-electron chi connectivity index (χ0n) is 16.6. The Morgan fingerprint density at radius 3 is 2.66 bits per heavy atom. The molecular weight excluding hydrogens is 390 g/mol. The van der Waals surface area contributed by atoms with Gasteiger partial charge in [0.1, 0.15) is 5.76 Å². The average molecular weight is 418 g/mol. The molecule has 2 aromatic rings. The highest BCUT2D eigenvalue weighted by Gasteiger charge is 2.26. The zero-order chi connectivity index (χ0) is 20.7. The molecule has 0 unspecified atom stereocenters. The van der Waals surface area contributed by atoms with E-state index in [0.717, 1.165) is 5.69 Å². The molecule has 0 aliphatic carbocycles. The summed E-state index contributed by atoms with van der Waals surface area (Å²) < 4.78 is 31.8. The third-order valence-corrected chi connectivity index (χ3v) is 6.78. The molecule has 1 aromatic carbocycles. The number of hydrogen-bond donors (Lipinski definition) is 1. The smallest absolute Gasteiger partial charge is 0.244 e. The predicted molar refractivity (Wildman–Crippen MR) is 114 cm³/mol. The molecule has 1 aromatic heterocycles. The van der Waals surface area contributed by atoms with Crippen LogP contribution in [0.5, 0.6) is 0 Å². The molecule has 2 heterocycles. The summed E-state index contributed by atoms with van der Waals surface area (Å²) in [7, 11) is -3.32. The van der Waals surface area contributed by atoms with Gasteiger partial charge in [-0.2, -0.15) is 4.31 Å². The van der Waals surface area contributed by atoms with E-state index in [4.69, 9.17) is 4.42 Å². The van der Waals surface area contributed by atoms with Crippen LogP contribution in [-0.4, -0.2) is 57.1 Å². The number of amides is 1. The van der Waals surface area contributed by atoms with Gasteiger partial charge in [-0.1, -0.05) is 12.1 Å². The molecule has 1 N–H and O–H groups in total. The summed E-state index contributed by atoms with van der Waals surface area (Å²) in [6, 6.07) is 11.7. The van der Waals surface area contributed by atoms with Crippen LogP contribution in [0.4, 0.5) is 5.69 Å². The van der Waals surface area contributed by atoms with Gasteiger partial charge in [0.05, 0.1) is 12.0 Å². The van der Waals surface area contributed by atoms with Gasteiger partial charge >= 0.3 is 0 Å². The minimum absolute atomic E-state index is 0.0274. The van der Waals surface area contributed by atoms with Gasteiger partial charge in [-0.3, -0.25) is 4.79 Å². The van der Waals surface area contributed by atoms with E-state index in [9.17, 15) is 13.2 Å². The van der Waals surface area contributed by atoms with Crippen LogP contribution < -0.4 is 10.2 Å². The van der Waals surface area contributed by atoms with Gasteiger partial charge in [-0.25, -0.2) is 8.42 Å². The SMILES string of the molecule is Cc1cccc(N2CCN(S(=O)(=O)CCCNC(=O)/C=C/c3ccco3)CC2)c1. The molecule has 0 radical (unpaired) electrons. The first-order valence-electron chi connectivity index (χ1n) is 9.73. The summed E-state index contributed by atoms with van der Waals surface area (Å²) in [5, 5.41) is 2.70. The largest absolute Gasteiger partial charge is 0.465 e. The van der Waals surface area contributed by atoms with Gasteiger partial charge < -0.3 is 14.6 Å². The van der Waals surface area contributed by atoms with Crippen LogP contribution in [0.1, 0.15) is 17.7 Å². The number of aryl methyl sites for hydroxylation is 1. The monoisotopic (exact) mass is 417 g/mol. The molecule has 0 atom stereocenters. The van der Waals surface area contributed by atoms with Gasteiger partial charge in [0.15, 0.2) is 0 Å². The standard InChI is InChI=1S/C21H27N3O4S/c1-18-5-2-6-19(17-18)23-11-13-24(14-12-23)29(26,27)16-4-10-22-21(25)9-8-20-7-3-15-28-20/h2-3,5-9,15,17H,4,10-14,16H2,1H3,(H,22,25)/b9-8+. The summed E-state index contributed by atoms with van der Waals surface area (Å²) in [4.78, 5) is 14.0. The lowest BCUT2D eigenvalue weighted by atomic mass is 10.2. The van der Waals surface area contributed by atoms with Crippen molar-refractivity contribution in [2.24, 2.45) is 0 Å². The number of furan rings is 1. The first kappa shape index (κ1) is 21.1. The molecule has 1 aliphatic rings. The first-order chi connectivity index (χ1) is 13.9. The van der Waals surface area contributed by atoms with Crippen molar-refractivity contribution >= 4 is 27.7 Å². The van der Waals surface area contributed by atoms with Gasteiger partial charge in [-0.05, 0) is 49.2 Å². The second-order valence-corrected chi connectivity index (χ2v) is 9.12. The quantitative estimate of drug-likeness (QED) is 0.526. The molecule has 3 rings (SSSR count). The van der Waals surface area contributed by atoms with Crippen LogP contribution in [0.15, 0.2) is 53.2 Å². The molecule has 29 heavy (non-hydrogen) atoms. The number of sulfonamides is 1. The van der Waals surface area contributed by atoms with Crippen molar-refractivity contribution in [1.29, 1.82) is 0 Å². The van der Waals surface area contributed by atoms with Crippen molar-refractivity contribution in [3.8, 4) is 0 Å². The second kappa shape index (κ2) is 9.76. The summed E-state index contributed by atoms with van der Waals surface area (Å²) in [5.74, 6) is 0.345. The maximum Gasteiger partial charge on any atom is 0.244 e. The third-order valence-electron chi connectivity index (χ3n) is 4.82. The fourth-order valence-electron chi connectivity index (χ4n) is 3.25. The maximum absolute atomic E-state index is 12.6. The molecule has 1 aliphatic heterocycles.